The van der Waals surface area contributed by atoms with Gasteiger partial charge in [0.05, 0.1) is 16.5 Å². The van der Waals surface area contributed by atoms with Crippen molar-refractivity contribution in [2.45, 2.75) is 25.4 Å². The van der Waals surface area contributed by atoms with Crippen molar-refractivity contribution in [2.75, 3.05) is 0 Å². The van der Waals surface area contributed by atoms with Crippen LogP contribution in [0.3, 0.4) is 0 Å². The lowest BCUT2D eigenvalue weighted by atomic mass is 10.2. The van der Waals surface area contributed by atoms with Gasteiger partial charge in [-0.15, -0.1) is 11.3 Å². The summed E-state index contributed by atoms with van der Waals surface area (Å²) in [6.07, 6.45) is 2.47. The van der Waals surface area contributed by atoms with Gasteiger partial charge in [-0.1, -0.05) is 6.07 Å². The van der Waals surface area contributed by atoms with Crippen molar-refractivity contribution < 1.29 is 0 Å². The summed E-state index contributed by atoms with van der Waals surface area (Å²) < 4.78 is 2.34. The van der Waals surface area contributed by atoms with Crippen LogP contribution in [-0.2, 0) is 6.54 Å². The molecule has 4 rings (SSSR count). The Kier molecular flexibility index (Phi) is 2.43. The topological polar surface area (TPSA) is 56.7 Å². The van der Waals surface area contributed by atoms with Crippen LogP contribution in [0.2, 0.25) is 0 Å². The Labute approximate surface area is 114 Å². The smallest absolute Gasteiger partial charge is 0.160 e. The van der Waals surface area contributed by atoms with Crippen LogP contribution in [0, 0.1) is 0 Å². The molecule has 5 heteroatoms. The molecule has 96 valence electrons. The molecule has 1 aliphatic carbocycles. The van der Waals surface area contributed by atoms with E-state index in [4.69, 9.17) is 10.7 Å². The van der Waals surface area contributed by atoms with Gasteiger partial charge in [0, 0.05) is 18.0 Å². The maximum Gasteiger partial charge on any atom is 0.160 e. The first-order valence-corrected chi connectivity index (χ1v) is 7.40. The van der Waals surface area contributed by atoms with Crippen LogP contribution in [0.4, 0.5) is 0 Å². The third kappa shape index (κ3) is 1.77. The lowest BCUT2D eigenvalue weighted by Crippen LogP contribution is -1.98. The maximum absolute atomic E-state index is 5.71. The number of rotatable bonds is 3. The summed E-state index contributed by atoms with van der Waals surface area (Å²) in [6.45, 7) is 0.554. The highest BCUT2D eigenvalue weighted by atomic mass is 32.1. The lowest BCUT2D eigenvalue weighted by Gasteiger charge is -2.05. The quantitative estimate of drug-likeness (QED) is 0.796. The van der Waals surface area contributed by atoms with Gasteiger partial charge in [-0.2, -0.15) is 0 Å². The van der Waals surface area contributed by atoms with E-state index in [0.29, 0.717) is 12.6 Å². The Morgan fingerprint density at radius 3 is 2.95 bits per heavy atom. The Hall–Kier alpha value is -1.72. The van der Waals surface area contributed by atoms with E-state index < -0.39 is 0 Å². The minimum atomic E-state index is 0.554. The average Bonchev–Trinajstić information content (AvgIpc) is 3.01. The zero-order valence-corrected chi connectivity index (χ0v) is 11.2. The molecule has 0 unspecified atom stereocenters. The van der Waals surface area contributed by atoms with Gasteiger partial charge < -0.3 is 10.3 Å². The average molecular weight is 270 g/mol. The Morgan fingerprint density at radius 1 is 1.37 bits per heavy atom. The van der Waals surface area contributed by atoms with E-state index in [1.54, 1.807) is 11.3 Å². The molecule has 0 amide bonds. The molecule has 3 aromatic rings. The van der Waals surface area contributed by atoms with E-state index in [0.717, 1.165) is 22.6 Å². The molecule has 4 nitrogen and oxygen atoms in total. The predicted octanol–water partition coefficient (Wildman–Crippen LogP) is 2.95. The minimum Gasteiger partial charge on any atom is -0.326 e. The van der Waals surface area contributed by atoms with Crippen LogP contribution in [0.5, 0.6) is 0 Å². The molecule has 2 N–H and O–H groups in total. The number of hydrogen-bond donors (Lipinski definition) is 1. The molecule has 0 atom stereocenters. The van der Waals surface area contributed by atoms with Crippen molar-refractivity contribution in [2.24, 2.45) is 5.73 Å². The molecular formula is C14H14N4S. The first-order chi connectivity index (χ1) is 9.36. The van der Waals surface area contributed by atoms with Gasteiger partial charge in [-0.25, -0.2) is 9.97 Å². The number of thiazole rings is 1. The second-order valence-corrected chi connectivity index (χ2v) is 5.66. The van der Waals surface area contributed by atoms with Crippen LogP contribution in [0.1, 0.15) is 24.4 Å². The Balaban J connectivity index is 1.98. The van der Waals surface area contributed by atoms with Crippen molar-refractivity contribution in [3.63, 3.8) is 0 Å². The normalized spacial score (nSPS) is 15.2. The fraction of sp³-hybridized carbons (Fsp3) is 0.286. The largest absolute Gasteiger partial charge is 0.326 e. The van der Waals surface area contributed by atoms with E-state index in [1.165, 1.54) is 18.4 Å². The van der Waals surface area contributed by atoms with Gasteiger partial charge in [-0.05, 0) is 30.5 Å². The Bertz CT molecular complexity index is 725. The summed E-state index contributed by atoms with van der Waals surface area (Å²) in [7, 11) is 0. The molecule has 2 aromatic heterocycles. The van der Waals surface area contributed by atoms with E-state index in [-0.39, 0.29) is 0 Å². The summed E-state index contributed by atoms with van der Waals surface area (Å²) >= 11 is 1.61. The highest BCUT2D eigenvalue weighted by Crippen LogP contribution is 2.41. The molecule has 1 aliphatic rings. The maximum atomic E-state index is 5.71. The molecule has 0 saturated heterocycles. The summed E-state index contributed by atoms with van der Waals surface area (Å²) in [6, 6.07) is 6.90. The SMILES string of the molecule is NCc1ccc2c(c1)nc(-c1cscn1)n2C1CC1. The highest BCUT2D eigenvalue weighted by molar-refractivity contribution is 7.07. The van der Waals surface area contributed by atoms with Gasteiger partial charge in [0.15, 0.2) is 5.82 Å². The van der Waals surface area contributed by atoms with Gasteiger partial charge >= 0.3 is 0 Å². The second kappa shape index (κ2) is 4.15. The molecule has 0 spiro atoms. The number of hydrogen-bond acceptors (Lipinski definition) is 4. The Morgan fingerprint density at radius 2 is 2.26 bits per heavy atom. The van der Waals surface area contributed by atoms with Crippen molar-refractivity contribution in [1.82, 2.24) is 14.5 Å². The number of fused-ring (bicyclic) bond motifs is 1. The summed E-state index contributed by atoms with van der Waals surface area (Å²) in [5.74, 6) is 0.993. The van der Waals surface area contributed by atoms with E-state index >= 15 is 0 Å². The van der Waals surface area contributed by atoms with Crippen molar-refractivity contribution in [3.05, 3.63) is 34.7 Å². The van der Waals surface area contributed by atoms with Gasteiger partial charge in [-0.3, -0.25) is 0 Å². The minimum absolute atomic E-state index is 0.554. The van der Waals surface area contributed by atoms with E-state index in [9.17, 15) is 0 Å². The van der Waals surface area contributed by atoms with Gasteiger partial charge in [0.2, 0.25) is 0 Å². The van der Waals surface area contributed by atoms with Gasteiger partial charge in [0.1, 0.15) is 5.69 Å². The van der Waals surface area contributed by atoms with Crippen LogP contribution in [-0.4, -0.2) is 14.5 Å². The van der Waals surface area contributed by atoms with Crippen LogP contribution >= 0.6 is 11.3 Å². The number of benzene rings is 1. The molecule has 0 radical (unpaired) electrons. The van der Waals surface area contributed by atoms with Crippen molar-refractivity contribution >= 4 is 22.4 Å². The molecule has 0 aliphatic heterocycles. The molecule has 19 heavy (non-hydrogen) atoms. The highest BCUT2D eigenvalue weighted by Gasteiger charge is 2.29. The van der Waals surface area contributed by atoms with E-state index in [1.807, 2.05) is 5.51 Å². The van der Waals surface area contributed by atoms with Crippen molar-refractivity contribution in [3.8, 4) is 11.5 Å². The summed E-state index contributed by atoms with van der Waals surface area (Å²) in [4.78, 5) is 9.18. The first kappa shape index (κ1) is 11.1. The molecular weight excluding hydrogens is 256 g/mol. The molecule has 1 aromatic carbocycles. The number of nitrogens with two attached hydrogens (primary N) is 1. The zero-order valence-electron chi connectivity index (χ0n) is 10.4. The predicted molar refractivity (Wildman–Crippen MR) is 77.0 cm³/mol. The van der Waals surface area contributed by atoms with Crippen LogP contribution < -0.4 is 5.73 Å². The number of aromatic nitrogens is 3. The third-order valence-electron chi connectivity index (χ3n) is 3.56. The number of imidazole rings is 1. The van der Waals surface area contributed by atoms with Gasteiger partial charge in [0.25, 0.3) is 0 Å². The van der Waals surface area contributed by atoms with Crippen molar-refractivity contribution in [1.29, 1.82) is 0 Å². The van der Waals surface area contributed by atoms with Crippen LogP contribution in [0.15, 0.2) is 29.1 Å². The summed E-state index contributed by atoms with van der Waals surface area (Å²) in [5.41, 5.74) is 11.9. The monoisotopic (exact) mass is 270 g/mol. The standard InChI is InChI=1S/C14H14N4S/c15-6-9-1-4-13-11(5-9)17-14(12-7-19-8-16-12)18(13)10-2-3-10/h1,4-5,7-8,10H,2-3,6,15H2. The molecule has 1 saturated carbocycles. The first-order valence-electron chi connectivity index (χ1n) is 6.46. The lowest BCUT2D eigenvalue weighted by molar-refractivity contribution is 0.773. The van der Waals surface area contributed by atoms with Crippen LogP contribution in [0.25, 0.3) is 22.6 Å². The number of nitrogens with zero attached hydrogens (tertiary/aromatic N) is 3. The molecule has 2 heterocycles. The second-order valence-electron chi connectivity index (χ2n) is 4.94. The molecule has 1 fully saturated rings. The zero-order chi connectivity index (χ0) is 12.8. The third-order valence-corrected chi connectivity index (χ3v) is 4.15. The fourth-order valence-electron chi connectivity index (χ4n) is 2.48. The summed E-state index contributed by atoms with van der Waals surface area (Å²) in [5, 5.41) is 2.06. The van der Waals surface area contributed by atoms with E-state index in [2.05, 4.69) is 33.1 Å². The molecule has 0 bridgehead atoms. The fourth-order valence-corrected chi connectivity index (χ4v) is 3.01.